The first-order valence-electron chi connectivity index (χ1n) is 6.54. The molecule has 0 radical (unpaired) electrons. The molecule has 1 rings (SSSR count). The second kappa shape index (κ2) is 6.27. The van der Waals surface area contributed by atoms with Gasteiger partial charge in [-0.05, 0) is 20.3 Å². The van der Waals surface area contributed by atoms with Gasteiger partial charge in [-0.3, -0.25) is 4.79 Å². The number of carbonyl (C=O) groups excluding carboxylic acids is 1. The number of nitrogens with zero attached hydrogens (tertiary/aromatic N) is 1. The number of hydrogen-bond donors (Lipinski definition) is 1. The Morgan fingerprint density at radius 3 is 2.47 bits per heavy atom. The third kappa shape index (κ3) is 5.15. The summed E-state index contributed by atoms with van der Waals surface area (Å²) in [4.78, 5) is 16.6. The second-order valence-electron chi connectivity index (χ2n) is 5.93. The number of thioether (sulfide) groups is 1. The van der Waals surface area contributed by atoms with Crippen LogP contribution in [0.5, 0.6) is 0 Å². The van der Waals surface area contributed by atoms with E-state index in [1.807, 2.05) is 19.2 Å². The Morgan fingerprint density at radius 1 is 1.42 bits per heavy atom. The lowest BCUT2D eigenvalue weighted by Crippen LogP contribution is -2.44. The number of thiazole rings is 1. The van der Waals surface area contributed by atoms with Crippen molar-refractivity contribution in [3.05, 3.63) is 16.1 Å². The van der Waals surface area contributed by atoms with Crippen molar-refractivity contribution in [2.45, 2.75) is 58.2 Å². The summed E-state index contributed by atoms with van der Waals surface area (Å²) in [6.45, 7) is 12.5. The molecule has 0 aromatic carbocycles. The van der Waals surface area contributed by atoms with Crippen LogP contribution < -0.4 is 5.32 Å². The Hall–Kier alpha value is -0.550. The Kier molecular flexibility index (Phi) is 5.44. The van der Waals surface area contributed by atoms with Crippen molar-refractivity contribution in [3.63, 3.8) is 0 Å². The van der Waals surface area contributed by atoms with Crippen LogP contribution in [-0.4, -0.2) is 21.4 Å². The van der Waals surface area contributed by atoms with E-state index in [4.69, 9.17) is 0 Å². The molecule has 108 valence electrons. The third-order valence-electron chi connectivity index (χ3n) is 2.85. The van der Waals surface area contributed by atoms with Gasteiger partial charge < -0.3 is 5.32 Å². The van der Waals surface area contributed by atoms with Crippen LogP contribution in [0.1, 0.15) is 51.7 Å². The van der Waals surface area contributed by atoms with Crippen LogP contribution in [0.2, 0.25) is 0 Å². The topological polar surface area (TPSA) is 42.0 Å². The molecule has 3 nitrogen and oxygen atoms in total. The molecule has 0 aliphatic rings. The Labute approximate surface area is 124 Å². The van der Waals surface area contributed by atoms with E-state index in [0.717, 1.165) is 17.1 Å². The smallest absolute Gasteiger partial charge is 0.230 e. The number of carbonyl (C=O) groups is 1. The standard InChI is InChI=1S/C14H24N2OS2/c1-7-14(6,12-15-10(2)8-18-12)16-11(17)9-19-13(3,4)5/h8H,7,9H2,1-6H3,(H,16,17)/t14-/m0/s1. The van der Waals surface area contributed by atoms with Crippen molar-refractivity contribution in [1.29, 1.82) is 0 Å². The van der Waals surface area contributed by atoms with Crippen LogP contribution in [0.15, 0.2) is 5.38 Å². The van der Waals surface area contributed by atoms with Crippen molar-refractivity contribution < 1.29 is 4.79 Å². The molecule has 0 aliphatic carbocycles. The fraction of sp³-hybridized carbons (Fsp3) is 0.714. The van der Waals surface area contributed by atoms with Crippen LogP contribution in [0, 0.1) is 6.92 Å². The first kappa shape index (κ1) is 16.5. The lowest BCUT2D eigenvalue weighted by molar-refractivity contribution is -0.120. The minimum Gasteiger partial charge on any atom is -0.344 e. The monoisotopic (exact) mass is 300 g/mol. The van der Waals surface area contributed by atoms with Crippen LogP contribution in [-0.2, 0) is 10.3 Å². The number of amides is 1. The van der Waals surface area contributed by atoms with E-state index in [9.17, 15) is 4.79 Å². The lowest BCUT2D eigenvalue weighted by Gasteiger charge is -2.28. The predicted octanol–water partition coefficient (Wildman–Crippen LogP) is 3.72. The SMILES string of the molecule is CC[C@](C)(NC(=O)CSC(C)(C)C)c1nc(C)cs1. The number of rotatable bonds is 5. The number of aryl methyl sites for hydroxylation is 1. The molecule has 1 aromatic heterocycles. The minimum absolute atomic E-state index is 0.0807. The summed E-state index contributed by atoms with van der Waals surface area (Å²) < 4.78 is 0.109. The molecule has 0 unspecified atom stereocenters. The van der Waals surface area contributed by atoms with Crippen molar-refractivity contribution in [2.75, 3.05) is 5.75 Å². The van der Waals surface area contributed by atoms with E-state index in [-0.39, 0.29) is 16.2 Å². The highest BCUT2D eigenvalue weighted by molar-refractivity contribution is 8.01. The van der Waals surface area contributed by atoms with Gasteiger partial charge in [-0.1, -0.05) is 27.7 Å². The number of hydrogen-bond acceptors (Lipinski definition) is 4. The van der Waals surface area contributed by atoms with Gasteiger partial charge in [0.2, 0.25) is 5.91 Å². The van der Waals surface area contributed by atoms with E-state index >= 15 is 0 Å². The zero-order valence-corrected chi connectivity index (χ0v) is 14.3. The van der Waals surface area contributed by atoms with Gasteiger partial charge in [0, 0.05) is 15.8 Å². The summed E-state index contributed by atoms with van der Waals surface area (Å²) in [5, 5.41) is 6.15. The van der Waals surface area contributed by atoms with Gasteiger partial charge in [-0.25, -0.2) is 4.98 Å². The van der Waals surface area contributed by atoms with Gasteiger partial charge >= 0.3 is 0 Å². The molecule has 1 amide bonds. The van der Waals surface area contributed by atoms with Crippen molar-refractivity contribution in [2.24, 2.45) is 0 Å². The maximum absolute atomic E-state index is 12.1. The first-order chi connectivity index (χ1) is 8.66. The highest BCUT2D eigenvalue weighted by Crippen LogP contribution is 2.28. The van der Waals surface area contributed by atoms with E-state index < -0.39 is 0 Å². The highest BCUT2D eigenvalue weighted by Gasteiger charge is 2.30. The molecule has 1 N–H and O–H groups in total. The summed E-state index contributed by atoms with van der Waals surface area (Å²) in [7, 11) is 0. The quantitative estimate of drug-likeness (QED) is 0.901. The fourth-order valence-electron chi connectivity index (χ4n) is 1.53. The molecule has 0 spiro atoms. The zero-order chi connectivity index (χ0) is 14.7. The van der Waals surface area contributed by atoms with Gasteiger partial charge in [0.1, 0.15) is 5.01 Å². The zero-order valence-electron chi connectivity index (χ0n) is 12.7. The van der Waals surface area contributed by atoms with E-state index in [1.165, 1.54) is 0 Å². The highest BCUT2D eigenvalue weighted by atomic mass is 32.2. The molecule has 1 atom stereocenters. The largest absolute Gasteiger partial charge is 0.344 e. The molecular weight excluding hydrogens is 276 g/mol. The molecule has 1 aromatic rings. The van der Waals surface area contributed by atoms with E-state index in [2.05, 4.69) is 38.0 Å². The maximum Gasteiger partial charge on any atom is 0.230 e. The summed E-state index contributed by atoms with van der Waals surface area (Å²) in [5.74, 6) is 0.570. The number of nitrogens with one attached hydrogen (secondary N) is 1. The molecular formula is C14H24N2OS2. The molecule has 1 heterocycles. The van der Waals surface area contributed by atoms with E-state index in [0.29, 0.717) is 5.75 Å². The van der Waals surface area contributed by atoms with E-state index in [1.54, 1.807) is 23.1 Å². The van der Waals surface area contributed by atoms with Gasteiger partial charge in [0.05, 0.1) is 11.3 Å². The summed E-state index contributed by atoms with van der Waals surface area (Å²) in [6.07, 6.45) is 0.839. The minimum atomic E-state index is -0.353. The van der Waals surface area contributed by atoms with Crippen LogP contribution in [0.4, 0.5) is 0 Å². The molecule has 0 saturated carbocycles. The normalized spacial score (nSPS) is 15.1. The summed E-state index contributed by atoms with van der Waals surface area (Å²) >= 11 is 3.28. The van der Waals surface area contributed by atoms with Gasteiger partial charge in [-0.2, -0.15) is 0 Å². The van der Waals surface area contributed by atoms with Gasteiger partial charge in [-0.15, -0.1) is 23.1 Å². The molecule has 0 bridgehead atoms. The summed E-state index contributed by atoms with van der Waals surface area (Å²) in [5.41, 5.74) is 0.659. The lowest BCUT2D eigenvalue weighted by atomic mass is 10.00. The maximum atomic E-state index is 12.1. The second-order valence-corrected chi connectivity index (χ2v) is 8.59. The van der Waals surface area contributed by atoms with Crippen LogP contribution in [0.25, 0.3) is 0 Å². The number of aromatic nitrogens is 1. The van der Waals surface area contributed by atoms with Crippen molar-refractivity contribution in [1.82, 2.24) is 10.3 Å². The molecule has 19 heavy (non-hydrogen) atoms. The Morgan fingerprint density at radius 2 is 2.05 bits per heavy atom. The van der Waals surface area contributed by atoms with Gasteiger partial charge in [0.25, 0.3) is 0 Å². The van der Waals surface area contributed by atoms with Crippen LogP contribution >= 0.6 is 23.1 Å². The van der Waals surface area contributed by atoms with Crippen molar-refractivity contribution >= 4 is 29.0 Å². The molecule has 5 heteroatoms. The average Bonchev–Trinajstić information content (AvgIpc) is 2.73. The van der Waals surface area contributed by atoms with Gasteiger partial charge in [0.15, 0.2) is 0 Å². The first-order valence-corrected chi connectivity index (χ1v) is 8.40. The molecule has 0 aliphatic heterocycles. The summed E-state index contributed by atoms with van der Waals surface area (Å²) in [6, 6.07) is 0. The Bertz CT molecular complexity index is 437. The predicted molar refractivity (Wildman–Crippen MR) is 84.8 cm³/mol. The molecule has 0 fully saturated rings. The van der Waals surface area contributed by atoms with Crippen molar-refractivity contribution in [3.8, 4) is 0 Å². The fourth-order valence-corrected chi connectivity index (χ4v) is 3.15. The Balaban J connectivity index is 2.68. The average molecular weight is 300 g/mol. The van der Waals surface area contributed by atoms with Crippen LogP contribution in [0.3, 0.4) is 0 Å². The molecule has 0 saturated heterocycles. The third-order valence-corrected chi connectivity index (χ3v) is 5.35.